The largest absolute Gasteiger partial charge is 0.325 e. The van der Waals surface area contributed by atoms with Crippen molar-refractivity contribution < 1.29 is 4.79 Å². The number of thiophene rings is 1. The van der Waals surface area contributed by atoms with Gasteiger partial charge in [0.1, 0.15) is 0 Å². The quantitative estimate of drug-likeness (QED) is 0.578. The van der Waals surface area contributed by atoms with Gasteiger partial charge >= 0.3 is 0 Å². The van der Waals surface area contributed by atoms with Crippen molar-refractivity contribution in [3.8, 4) is 10.7 Å². The van der Waals surface area contributed by atoms with E-state index >= 15 is 0 Å². The van der Waals surface area contributed by atoms with Gasteiger partial charge in [-0.3, -0.25) is 4.79 Å². The molecule has 8 heteroatoms. The number of nitrogens with one attached hydrogen (secondary N) is 1. The summed E-state index contributed by atoms with van der Waals surface area (Å²) in [6, 6.07) is 9.46. The number of carbonyl (C=O) groups is 1. The number of benzene rings is 1. The molecule has 26 heavy (non-hydrogen) atoms. The van der Waals surface area contributed by atoms with E-state index in [0.717, 1.165) is 33.7 Å². The van der Waals surface area contributed by atoms with Crippen LogP contribution in [0.15, 0.2) is 40.9 Å². The fourth-order valence-electron chi connectivity index (χ4n) is 2.42. The van der Waals surface area contributed by atoms with E-state index in [1.54, 1.807) is 23.5 Å². The number of thioether (sulfide) groups is 1. The second kappa shape index (κ2) is 8.24. The van der Waals surface area contributed by atoms with E-state index in [-0.39, 0.29) is 11.2 Å². The van der Waals surface area contributed by atoms with E-state index in [2.05, 4.69) is 15.5 Å². The summed E-state index contributed by atoms with van der Waals surface area (Å²) < 4.78 is 2.03. The monoisotopic (exact) mass is 406 g/mol. The third kappa shape index (κ3) is 4.11. The topological polar surface area (TPSA) is 59.8 Å². The predicted molar refractivity (Wildman–Crippen MR) is 109 cm³/mol. The van der Waals surface area contributed by atoms with Crippen LogP contribution in [0.3, 0.4) is 0 Å². The van der Waals surface area contributed by atoms with Gasteiger partial charge in [-0.25, -0.2) is 0 Å². The molecule has 0 saturated carbocycles. The molecule has 0 aliphatic carbocycles. The summed E-state index contributed by atoms with van der Waals surface area (Å²) in [5.41, 5.74) is 1.70. The van der Waals surface area contributed by atoms with Crippen LogP contribution < -0.4 is 5.32 Å². The fourth-order valence-corrected chi connectivity index (χ4v) is 4.23. The van der Waals surface area contributed by atoms with Crippen LogP contribution in [-0.2, 0) is 11.3 Å². The van der Waals surface area contributed by atoms with Gasteiger partial charge in [-0.15, -0.1) is 21.5 Å². The first kappa shape index (κ1) is 18.9. The summed E-state index contributed by atoms with van der Waals surface area (Å²) in [5.74, 6) is 0.743. The van der Waals surface area contributed by atoms with Gasteiger partial charge in [0.2, 0.25) is 5.91 Å². The summed E-state index contributed by atoms with van der Waals surface area (Å²) in [7, 11) is 0. The van der Waals surface area contributed by atoms with Gasteiger partial charge in [0.25, 0.3) is 0 Å². The Balaban J connectivity index is 1.74. The van der Waals surface area contributed by atoms with Gasteiger partial charge in [0.15, 0.2) is 11.0 Å². The van der Waals surface area contributed by atoms with Gasteiger partial charge in [-0.2, -0.15) is 0 Å². The minimum Gasteiger partial charge on any atom is -0.325 e. The zero-order chi connectivity index (χ0) is 18.7. The van der Waals surface area contributed by atoms with Crippen LogP contribution in [-0.4, -0.2) is 25.9 Å². The minimum absolute atomic E-state index is 0.0938. The van der Waals surface area contributed by atoms with Crippen molar-refractivity contribution in [2.75, 3.05) is 5.32 Å². The fraction of sp³-hybridized carbons (Fsp3) is 0.278. The van der Waals surface area contributed by atoms with Crippen LogP contribution in [0.4, 0.5) is 5.69 Å². The zero-order valence-electron chi connectivity index (χ0n) is 14.7. The molecule has 3 rings (SSSR count). The second-order valence-electron chi connectivity index (χ2n) is 5.74. The average molecular weight is 407 g/mol. The molecule has 1 amide bonds. The normalized spacial score (nSPS) is 12.2. The van der Waals surface area contributed by atoms with Crippen molar-refractivity contribution in [1.29, 1.82) is 0 Å². The lowest BCUT2D eigenvalue weighted by molar-refractivity contribution is -0.115. The molecule has 0 unspecified atom stereocenters. The molecule has 2 aromatic heterocycles. The van der Waals surface area contributed by atoms with Crippen molar-refractivity contribution in [3.63, 3.8) is 0 Å². The minimum atomic E-state index is -0.320. The van der Waals surface area contributed by atoms with Crippen molar-refractivity contribution in [2.24, 2.45) is 0 Å². The van der Waals surface area contributed by atoms with Crippen molar-refractivity contribution in [3.05, 3.63) is 46.3 Å². The summed E-state index contributed by atoms with van der Waals surface area (Å²) in [6.45, 7) is 6.58. The van der Waals surface area contributed by atoms with Crippen LogP contribution in [0.5, 0.6) is 0 Å². The molecule has 1 N–H and O–H groups in total. The molecule has 0 bridgehead atoms. The number of nitrogens with zero attached hydrogens (tertiary/aromatic N) is 3. The van der Waals surface area contributed by atoms with Gasteiger partial charge in [-0.05, 0) is 49.9 Å². The molecule has 0 aliphatic rings. The SMILES string of the molecule is CCn1c(S[C@H](C)C(=O)Nc2cc(Cl)ccc2C)nnc1-c1cccs1. The number of amides is 1. The Morgan fingerprint density at radius 3 is 2.88 bits per heavy atom. The van der Waals surface area contributed by atoms with E-state index in [1.807, 2.05) is 48.9 Å². The van der Waals surface area contributed by atoms with Crippen LogP contribution in [0, 0.1) is 6.92 Å². The molecule has 0 radical (unpaired) electrons. The van der Waals surface area contributed by atoms with E-state index < -0.39 is 0 Å². The molecule has 136 valence electrons. The first-order chi connectivity index (χ1) is 12.5. The summed E-state index contributed by atoms with van der Waals surface area (Å²) in [6.07, 6.45) is 0. The lowest BCUT2D eigenvalue weighted by atomic mass is 10.2. The number of carbonyl (C=O) groups excluding carboxylic acids is 1. The maximum absolute atomic E-state index is 12.6. The van der Waals surface area contributed by atoms with Gasteiger partial charge in [0.05, 0.1) is 10.1 Å². The smallest absolute Gasteiger partial charge is 0.237 e. The number of halogens is 1. The summed E-state index contributed by atoms with van der Waals surface area (Å²) >= 11 is 9.05. The third-order valence-corrected chi connectivity index (χ3v) is 6.06. The summed E-state index contributed by atoms with van der Waals surface area (Å²) in [4.78, 5) is 13.7. The lowest BCUT2D eigenvalue weighted by Crippen LogP contribution is -2.23. The van der Waals surface area contributed by atoms with E-state index in [1.165, 1.54) is 11.8 Å². The Kier molecular flexibility index (Phi) is 6.01. The Bertz CT molecular complexity index is 908. The van der Waals surface area contributed by atoms with Gasteiger partial charge in [-0.1, -0.05) is 35.5 Å². The molecule has 0 fully saturated rings. The maximum Gasteiger partial charge on any atom is 0.237 e. The number of aryl methyl sites for hydroxylation is 1. The first-order valence-corrected chi connectivity index (χ1v) is 10.3. The van der Waals surface area contributed by atoms with Gasteiger partial charge in [0, 0.05) is 17.3 Å². The highest BCUT2D eigenvalue weighted by molar-refractivity contribution is 8.00. The van der Waals surface area contributed by atoms with Crippen LogP contribution in [0.1, 0.15) is 19.4 Å². The molecule has 2 heterocycles. The first-order valence-electron chi connectivity index (χ1n) is 8.20. The van der Waals surface area contributed by atoms with Crippen molar-refractivity contribution in [1.82, 2.24) is 14.8 Å². The van der Waals surface area contributed by atoms with Crippen LogP contribution >= 0.6 is 34.7 Å². The second-order valence-corrected chi connectivity index (χ2v) is 8.43. The molecule has 0 saturated heterocycles. The standard InChI is InChI=1S/C18H19ClN4OS2/c1-4-23-16(15-6-5-9-25-15)21-22-18(23)26-12(3)17(24)20-14-10-13(19)8-7-11(14)2/h5-10,12H,4H2,1-3H3,(H,20,24)/t12-/m1/s1. The Morgan fingerprint density at radius 2 is 2.19 bits per heavy atom. The lowest BCUT2D eigenvalue weighted by Gasteiger charge is -2.14. The van der Waals surface area contributed by atoms with Crippen LogP contribution in [0.2, 0.25) is 5.02 Å². The number of hydrogen-bond acceptors (Lipinski definition) is 5. The van der Waals surface area contributed by atoms with E-state index in [0.29, 0.717) is 5.02 Å². The molecule has 0 spiro atoms. The molecule has 1 aromatic carbocycles. The predicted octanol–water partition coefficient (Wildman–Crippen LogP) is 5.11. The Morgan fingerprint density at radius 1 is 1.38 bits per heavy atom. The molecule has 0 aliphatic heterocycles. The van der Waals surface area contributed by atoms with Crippen LogP contribution in [0.25, 0.3) is 10.7 Å². The molecular weight excluding hydrogens is 388 g/mol. The average Bonchev–Trinajstić information content (AvgIpc) is 3.27. The van der Waals surface area contributed by atoms with E-state index in [9.17, 15) is 4.79 Å². The maximum atomic E-state index is 12.6. The third-order valence-electron chi connectivity index (χ3n) is 3.88. The Hall–Kier alpha value is -1.83. The Labute approximate surface area is 165 Å². The molecular formula is C18H19ClN4OS2. The number of aromatic nitrogens is 3. The molecule has 1 atom stereocenters. The van der Waals surface area contributed by atoms with Crippen molar-refractivity contribution >= 4 is 46.3 Å². The highest BCUT2D eigenvalue weighted by Crippen LogP contribution is 2.30. The zero-order valence-corrected chi connectivity index (χ0v) is 17.1. The number of anilines is 1. The highest BCUT2D eigenvalue weighted by atomic mass is 35.5. The number of rotatable bonds is 6. The van der Waals surface area contributed by atoms with Gasteiger partial charge < -0.3 is 9.88 Å². The van der Waals surface area contributed by atoms with Crippen molar-refractivity contribution in [2.45, 2.75) is 37.7 Å². The molecule has 5 nitrogen and oxygen atoms in total. The highest BCUT2D eigenvalue weighted by Gasteiger charge is 2.21. The summed E-state index contributed by atoms with van der Waals surface area (Å²) in [5, 5.41) is 14.6. The van der Waals surface area contributed by atoms with E-state index in [4.69, 9.17) is 11.6 Å². The number of hydrogen-bond donors (Lipinski definition) is 1. The molecule has 3 aromatic rings.